The third-order valence-corrected chi connectivity index (χ3v) is 2.52. The van der Waals surface area contributed by atoms with Crippen molar-refractivity contribution in [2.24, 2.45) is 0 Å². The second kappa shape index (κ2) is 3.70. The van der Waals surface area contributed by atoms with Crippen LogP contribution in [0.1, 0.15) is 33.6 Å². The minimum atomic E-state index is 0.437. The van der Waals surface area contributed by atoms with Crippen molar-refractivity contribution in [1.82, 2.24) is 0 Å². The van der Waals surface area contributed by atoms with Gasteiger partial charge in [0.05, 0.1) is 0 Å². The van der Waals surface area contributed by atoms with E-state index in [1.165, 1.54) is 12.8 Å². The van der Waals surface area contributed by atoms with Crippen LogP contribution in [-0.2, 0) is 0 Å². The lowest BCUT2D eigenvalue weighted by Crippen LogP contribution is -2.12. The van der Waals surface area contributed by atoms with E-state index in [0.717, 1.165) is 0 Å². The summed E-state index contributed by atoms with van der Waals surface area (Å²) in [6, 6.07) is 0. The molecule has 1 atom stereocenters. The first-order valence-corrected chi connectivity index (χ1v) is 4.23. The third-order valence-electron chi connectivity index (χ3n) is 1.32. The predicted octanol–water partition coefficient (Wildman–Crippen LogP) is 3.20. The average Bonchev–Trinajstić information content (AvgIpc) is 1.67. The Bertz CT molecular complexity index is 57.4. The molecule has 49 valence electrons. The molecule has 0 aromatic heterocycles. The molecule has 0 aliphatic carbocycles. The maximum Gasteiger partial charge on any atom is 0.0222 e. The largest absolute Gasteiger partial charge is 0.0789 e. The van der Waals surface area contributed by atoms with Crippen LogP contribution in [-0.4, -0.2) is 3.42 Å². The van der Waals surface area contributed by atoms with E-state index in [4.69, 9.17) is 0 Å². The maximum absolute atomic E-state index is 2.48. The summed E-state index contributed by atoms with van der Waals surface area (Å²) in [7, 11) is 0. The summed E-state index contributed by atoms with van der Waals surface area (Å²) in [5.74, 6) is 0. The monoisotopic (exact) mass is 225 g/mol. The van der Waals surface area contributed by atoms with Crippen molar-refractivity contribution in [3.05, 3.63) is 6.42 Å². The van der Waals surface area contributed by atoms with E-state index in [-0.39, 0.29) is 0 Å². The smallest absolute Gasteiger partial charge is 0.0222 e. The fourth-order valence-electron chi connectivity index (χ4n) is 0.570. The molecular weight excluding hydrogens is 211 g/mol. The standard InChI is InChI=1S/C7H14I/c1-4-6-7(3,8)5-2/h6H,4-5H2,1-3H3. The van der Waals surface area contributed by atoms with Crippen LogP contribution in [0.2, 0.25) is 0 Å². The number of halogens is 1. The van der Waals surface area contributed by atoms with Gasteiger partial charge in [-0.25, -0.2) is 0 Å². The van der Waals surface area contributed by atoms with Crippen molar-refractivity contribution >= 4 is 22.6 Å². The molecule has 0 aromatic rings. The Morgan fingerprint density at radius 3 is 2.12 bits per heavy atom. The second-order valence-corrected chi connectivity index (χ2v) is 4.71. The van der Waals surface area contributed by atoms with E-state index in [1.807, 2.05) is 0 Å². The van der Waals surface area contributed by atoms with E-state index in [2.05, 4.69) is 49.8 Å². The lowest BCUT2D eigenvalue weighted by atomic mass is 10.0. The summed E-state index contributed by atoms with van der Waals surface area (Å²) in [6.45, 7) is 6.67. The molecule has 0 aliphatic rings. The van der Waals surface area contributed by atoms with Crippen molar-refractivity contribution < 1.29 is 0 Å². The molecule has 0 heterocycles. The SMILES string of the molecule is CC[CH]C(C)(I)CC. The van der Waals surface area contributed by atoms with Gasteiger partial charge < -0.3 is 0 Å². The summed E-state index contributed by atoms with van der Waals surface area (Å²) in [4.78, 5) is 0. The Kier molecular flexibility index (Phi) is 4.04. The Balaban J connectivity index is 3.37. The first-order valence-electron chi connectivity index (χ1n) is 3.15. The summed E-state index contributed by atoms with van der Waals surface area (Å²) < 4.78 is 0.437. The van der Waals surface area contributed by atoms with Gasteiger partial charge in [0.15, 0.2) is 0 Å². The molecule has 1 unspecified atom stereocenters. The number of rotatable bonds is 3. The quantitative estimate of drug-likeness (QED) is 0.511. The molecule has 0 N–H and O–H groups in total. The van der Waals surface area contributed by atoms with Crippen LogP contribution in [0.25, 0.3) is 0 Å². The summed E-state index contributed by atoms with van der Waals surface area (Å²) in [5.41, 5.74) is 0. The van der Waals surface area contributed by atoms with E-state index in [1.54, 1.807) is 0 Å². The Morgan fingerprint density at radius 2 is 2.00 bits per heavy atom. The molecule has 8 heavy (non-hydrogen) atoms. The van der Waals surface area contributed by atoms with E-state index < -0.39 is 0 Å². The van der Waals surface area contributed by atoms with Gasteiger partial charge in [-0.1, -0.05) is 49.8 Å². The summed E-state index contributed by atoms with van der Waals surface area (Å²) >= 11 is 2.48. The minimum Gasteiger partial charge on any atom is -0.0789 e. The molecule has 0 rings (SSSR count). The molecule has 0 saturated carbocycles. The van der Waals surface area contributed by atoms with Gasteiger partial charge in [-0.3, -0.25) is 0 Å². The highest BCUT2D eigenvalue weighted by molar-refractivity contribution is 14.1. The van der Waals surface area contributed by atoms with Crippen LogP contribution < -0.4 is 0 Å². The zero-order chi connectivity index (χ0) is 6.62. The summed E-state index contributed by atoms with van der Waals surface area (Å²) in [5, 5.41) is 0. The highest BCUT2D eigenvalue weighted by Crippen LogP contribution is 2.26. The average molecular weight is 225 g/mol. The van der Waals surface area contributed by atoms with Gasteiger partial charge in [-0.15, -0.1) is 0 Å². The molecule has 0 fully saturated rings. The van der Waals surface area contributed by atoms with Gasteiger partial charge in [0.1, 0.15) is 0 Å². The van der Waals surface area contributed by atoms with Crippen LogP contribution in [0.3, 0.4) is 0 Å². The Hall–Kier alpha value is 0.730. The van der Waals surface area contributed by atoms with Crippen molar-refractivity contribution in [3.8, 4) is 0 Å². The lowest BCUT2D eigenvalue weighted by Gasteiger charge is -2.17. The fraction of sp³-hybridized carbons (Fsp3) is 0.857. The van der Waals surface area contributed by atoms with Crippen LogP contribution in [0, 0.1) is 6.42 Å². The molecule has 0 nitrogen and oxygen atoms in total. The number of alkyl halides is 1. The Labute approximate surface area is 66.2 Å². The van der Waals surface area contributed by atoms with Gasteiger partial charge in [-0.05, 0) is 12.8 Å². The molecule has 1 heteroatoms. The summed E-state index contributed by atoms with van der Waals surface area (Å²) in [6.07, 6.45) is 4.78. The first-order chi connectivity index (χ1) is 3.62. The molecule has 0 bridgehead atoms. The van der Waals surface area contributed by atoms with Crippen LogP contribution >= 0.6 is 22.6 Å². The Morgan fingerprint density at radius 1 is 1.50 bits per heavy atom. The highest BCUT2D eigenvalue weighted by atomic mass is 127. The molecule has 0 aliphatic heterocycles. The predicted molar refractivity (Wildman–Crippen MR) is 47.3 cm³/mol. The van der Waals surface area contributed by atoms with E-state index >= 15 is 0 Å². The zero-order valence-electron chi connectivity index (χ0n) is 5.87. The molecule has 0 amide bonds. The van der Waals surface area contributed by atoms with Crippen LogP contribution in [0.15, 0.2) is 0 Å². The van der Waals surface area contributed by atoms with E-state index in [9.17, 15) is 0 Å². The fourth-order valence-corrected chi connectivity index (χ4v) is 1.01. The maximum atomic E-state index is 2.48. The van der Waals surface area contributed by atoms with Crippen LogP contribution in [0.5, 0.6) is 0 Å². The lowest BCUT2D eigenvalue weighted by molar-refractivity contribution is 0.710. The number of hydrogen-bond donors (Lipinski definition) is 0. The molecule has 0 aromatic carbocycles. The first kappa shape index (κ1) is 8.73. The van der Waals surface area contributed by atoms with Gasteiger partial charge in [0, 0.05) is 3.42 Å². The van der Waals surface area contributed by atoms with Gasteiger partial charge in [0.2, 0.25) is 0 Å². The third kappa shape index (κ3) is 3.70. The minimum absolute atomic E-state index is 0.437. The van der Waals surface area contributed by atoms with Crippen molar-refractivity contribution in [3.63, 3.8) is 0 Å². The second-order valence-electron chi connectivity index (χ2n) is 2.24. The van der Waals surface area contributed by atoms with Gasteiger partial charge in [-0.2, -0.15) is 0 Å². The molecular formula is C7H14I. The van der Waals surface area contributed by atoms with Crippen molar-refractivity contribution in [1.29, 1.82) is 0 Å². The van der Waals surface area contributed by atoms with Gasteiger partial charge >= 0.3 is 0 Å². The van der Waals surface area contributed by atoms with Gasteiger partial charge in [0.25, 0.3) is 0 Å². The number of hydrogen-bond acceptors (Lipinski definition) is 0. The topological polar surface area (TPSA) is 0 Å². The molecule has 0 spiro atoms. The van der Waals surface area contributed by atoms with Crippen molar-refractivity contribution in [2.45, 2.75) is 37.0 Å². The van der Waals surface area contributed by atoms with Crippen LogP contribution in [0.4, 0.5) is 0 Å². The zero-order valence-corrected chi connectivity index (χ0v) is 8.03. The molecule has 1 radical (unpaired) electrons. The van der Waals surface area contributed by atoms with Crippen molar-refractivity contribution in [2.75, 3.05) is 0 Å². The highest BCUT2D eigenvalue weighted by Gasteiger charge is 2.14. The normalized spacial score (nSPS) is 18.0. The molecule has 0 saturated heterocycles. The van der Waals surface area contributed by atoms with E-state index in [0.29, 0.717) is 3.42 Å².